The molecule has 0 aromatic rings. The van der Waals surface area contributed by atoms with Crippen LogP contribution in [0.15, 0.2) is 12.2 Å². The van der Waals surface area contributed by atoms with Crippen molar-refractivity contribution in [3.63, 3.8) is 0 Å². The van der Waals surface area contributed by atoms with Crippen LogP contribution in [0.1, 0.15) is 44.9 Å². The number of ether oxygens (including phenoxy) is 1. The molecule has 2 aliphatic rings. The summed E-state index contributed by atoms with van der Waals surface area (Å²) in [6.45, 7) is 1.21. The summed E-state index contributed by atoms with van der Waals surface area (Å²) < 4.78 is 5.40. The highest BCUT2D eigenvalue weighted by Gasteiger charge is 2.21. The first kappa shape index (κ1) is 12.1. The number of allylic oxidation sites excluding steroid dienone is 2. The van der Waals surface area contributed by atoms with Gasteiger partial charge in [0.2, 0.25) is 0 Å². The summed E-state index contributed by atoms with van der Waals surface area (Å²) in [5.41, 5.74) is 0. The van der Waals surface area contributed by atoms with Gasteiger partial charge in [0.15, 0.2) is 0 Å². The van der Waals surface area contributed by atoms with E-state index >= 15 is 0 Å². The molecular weight excluding hydrogens is 198 g/mol. The van der Waals surface area contributed by atoms with Gasteiger partial charge in [0, 0.05) is 13.2 Å². The van der Waals surface area contributed by atoms with Crippen molar-refractivity contribution < 1.29 is 4.74 Å². The van der Waals surface area contributed by atoms with Crippen molar-refractivity contribution in [3.8, 4) is 0 Å². The van der Waals surface area contributed by atoms with Gasteiger partial charge in [0.25, 0.3) is 0 Å². The molecule has 16 heavy (non-hydrogen) atoms. The lowest BCUT2D eigenvalue weighted by molar-refractivity contribution is 0.0620. The Hall–Kier alpha value is -0.340. The summed E-state index contributed by atoms with van der Waals surface area (Å²) in [6, 6.07) is 0.748. The maximum atomic E-state index is 5.40. The average Bonchev–Trinajstić information content (AvgIpc) is 2.38. The van der Waals surface area contributed by atoms with Crippen molar-refractivity contribution in [3.05, 3.63) is 12.2 Å². The van der Waals surface area contributed by atoms with Crippen LogP contribution in [-0.2, 0) is 4.74 Å². The molecule has 1 saturated carbocycles. The summed E-state index contributed by atoms with van der Waals surface area (Å²) in [6.07, 6.45) is 14.2. The van der Waals surface area contributed by atoms with Crippen LogP contribution in [0.25, 0.3) is 0 Å². The summed E-state index contributed by atoms with van der Waals surface area (Å²) in [5, 5.41) is 3.75. The third-order valence-electron chi connectivity index (χ3n) is 4.08. The van der Waals surface area contributed by atoms with Crippen molar-refractivity contribution in [2.75, 3.05) is 13.7 Å². The van der Waals surface area contributed by atoms with Gasteiger partial charge >= 0.3 is 0 Å². The number of nitrogens with one attached hydrogen (secondary N) is 1. The molecule has 1 N–H and O–H groups in total. The highest BCUT2D eigenvalue weighted by molar-refractivity contribution is 4.91. The van der Waals surface area contributed by atoms with Gasteiger partial charge in [-0.1, -0.05) is 12.2 Å². The van der Waals surface area contributed by atoms with Crippen molar-refractivity contribution in [1.82, 2.24) is 5.32 Å². The first-order valence-corrected chi connectivity index (χ1v) is 6.79. The fraction of sp³-hybridized carbons (Fsp3) is 0.857. The van der Waals surface area contributed by atoms with Gasteiger partial charge in [0.1, 0.15) is 0 Å². The van der Waals surface area contributed by atoms with E-state index in [0.29, 0.717) is 6.10 Å². The molecule has 0 saturated heterocycles. The Balaban J connectivity index is 1.61. The van der Waals surface area contributed by atoms with E-state index in [4.69, 9.17) is 4.74 Å². The first-order chi connectivity index (χ1) is 7.88. The van der Waals surface area contributed by atoms with Crippen LogP contribution in [0.3, 0.4) is 0 Å². The van der Waals surface area contributed by atoms with Crippen molar-refractivity contribution in [1.29, 1.82) is 0 Å². The van der Waals surface area contributed by atoms with Gasteiger partial charge in [-0.3, -0.25) is 0 Å². The Labute approximate surface area is 99.4 Å². The lowest BCUT2D eigenvalue weighted by Gasteiger charge is -2.30. The molecule has 1 fully saturated rings. The van der Waals surface area contributed by atoms with Crippen molar-refractivity contribution >= 4 is 0 Å². The lowest BCUT2D eigenvalue weighted by atomic mass is 9.91. The van der Waals surface area contributed by atoms with Gasteiger partial charge in [-0.05, 0) is 57.4 Å². The third-order valence-corrected chi connectivity index (χ3v) is 4.08. The van der Waals surface area contributed by atoms with Gasteiger partial charge < -0.3 is 10.1 Å². The molecule has 0 aromatic carbocycles. The second kappa shape index (κ2) is 6.41. The van der Waals surface area contributed by atoms with E-state index < -0.39 is 0 Å². The average molecular weight is 223 g/mol. The summed E-state index contributed by atoms with van der Waals surface area (Å²) >= 11 is 0. The second-order valence-corrected chi connectivity index (χ2v) is 5.27. The van der Waals surface area contributed by atoms with Gasteiger partial charge in [-0.25, -0.2) is 0 Å². The zero-order chi connectivity index (χ0) is 11.2. The van der Waals surface area contributed by atoms with E-state index in [1.165, 1.54) is 51.5 Å². The monoisotopic (exact) mass is 223 g/mol. The Morgan fingerprint density at radius 3 is 2.56 bits per heavy atom. The van der Waals surface area contributed by atoms with Crippen LogP contribution in [0, 0.1) is 5.92 Å². The number of methoxy groups -OCH3 is 1. The van der Waals surface area contributed by atoms with Crippen LogP contribution in [0.5, 0.6) is 0 Å². The van der Waals surface area contributed by atoms with Gasteiger partial charge in [-0.15, -0.1) is 0 Å². The summed E-state index contributed by atoms with van der Waals surface area (Å²) in [4.78, 5) is 0. The van der Waals surface area contributed by atoms with Crippen LogP contribution >= 0.6 is 0 Å². The Morgan fingerprint density at radius 2 is 1.94 bits per heavy atom. The molecule has 1 atom stereocenters. The molecule has 0 bridgehead atoms. The standard InChI is InChI=1S/C14H25NO/c1-16-14-9-7-13(8-10-14)15-11-12-5-3-2-4-6-12/h2-3,12-15H,4-11H2,1H3. The normalized spacial score (nSPS) is 35.2. The first-order valence-electron chi connectivity index (χ1n) is 6.79. The van der Waals surface area contributed by atoms with E-state index in [9.17, 15) is 0 Å². The molecule has 0 aliphatic heterocycles. The van der Waals surface area contributed by atoms with Gasteiger partial charge in [-0.2, -0.15) is 0 Å². The fourth-order valence-electron chi connectivity index (χ4n) is 2.88. The largest absolute Gasteiger partial charge is 0.381 e. The minimum atomic E-state index is 0.524. The number of hydrogen-bond acceptors (Lipinski definition) is 2. The van der Waals surface area contributed by atoms with Crippen molar-refractivity contribution in [2.45, 2.75) is 57.1 Å². The van der Waals surface area contributed by atoms with E-state index in [1.807, 2.05) is 7.11 Å². The zero-order valence-electron chi connectivity index (χ0n) is 10.5. The summed E-state index contributed by atoms with van der Waals surface area (Å²) in [5.74, 6) is 0.880. The van der Waals surface area contributed by atoms with Crippen LogP contribution in [-0.4, -0.2) is 25.8 Å². The topological polar surface area (TPSA) is 21.3 Å². The molecule has 2 nitrogen and oxygen atoms in total. The predicted molar refractivity (Wildman–Crippen MR) is 67.5 cm³/mol. The molecule has 0 heterocycles. The fourth-order valence-corrected chi connectivity index (χ4v) is 2.88. The molecule has 92 valence electrons. The van der Waals surface area contributed by atoms with Crippen LogP contribution in [0.2, 0.25) is 0 Å². The lowest BCUT2D eigenvalue weighted by Crippen LogP contribution is -2.37. The van der Waals surface area contributed by atoms with E-state index in [1.54, 1.807) is 0 Å². The third kappa shape index (κ3) is 3.60. The molecule has 1 unspecified atom stereocenters. The Morgan fingerprint density at radius 1 is 1.12 bits per heavy atom. The molecule has 2 heteroatoms. The molecule has 2 aliphatic carbocycles. The number of rotatable bonds is 4. The zero-order valence-corrected chi connectivity index (χ0v) is 10.5. The predicted octanol–water partition coefficient (Wildman–Crippen LogP) is 2.89. The highest BCUT2D eigenvalue weighted by atomic mass is 16.5. The number of hydrogen-bond donors (Lipinski definition) is 1. The van der Waals surface area contributed by atoms with E-state index in [-0.39, 0.29) is 0 Å². The Kier molecular flexibility index (Phi) is 4.86. The van der Waals surface area contributed by atoms with E-state index in [2.05, 4.69) is 17.5 Å². The molecule has 2 rings (SSSR count). The van der Waals surface area contributed by atoms with Crippen LogP contribution in [0.4, 0.5) is 0 Å². The second-order valence-electron chi connectivity index (χ2n) is 5.27. The SMILES string of the molecule is COC1CCC(NCC2CC=CCC2)CC1. The molecule has 0 aromatic heterocycles. The quantitative estimate of drug-likeness (QED) is 0.740. The Bertz CT molecular complexity index is 219. The minimum Gasteiger partial charge on any atom is -0.381 e. The maximum Gasteiger partial charge on any atom is 0.0572 e. The minimum absolute atomic E-state index is 0.524. The summed E-state index contributed by atoms with van der Waals surface area (Å²) in [7, 11) is 1.84. The molecule has 0 spiro atoms. The smallest absolute Gasteiger partial charge is 0.0572 e. The molecule has 0 radical (unpaired) electrons. The maximum absolute atomic E-state index is 5.40. The van der Waals surface area contributed by atoms with E-state index in [0.717, 1.165) is 12.0 Å². The molecular formula is C14H25NO. The van der Waals surface area contributed by atoms with Gasteiger partial charge in [0.05, 0.1) is 6.10 Å². The van der Waals surface area contributed by atoms with Crippen LogP contribution < -0.4 is 5.32 Å². The molecule has 0 amide bonds. The van der Waals surface area contributed by atoms with Crippen molar-refractivity contribution in [2.24, 2.45) is 5.92 Å². The highest BCUT2D eigenvalue weighted by Crippen LogP contribution is 2.22.